The fourth-order valence-electron chi connectivity index (χ4n) is 2.53. The first-order valence-electron chi connectivity index (χ1n) is 7.81. The van der Waals surface area contributed by atoms with Gasteiger partial charge in [0.15, 0.2) is 6.61 Å². The van der Waals surface area contributed by atoms with Gasteiger partial charge < -0.3 is 15.0 Å². The van der Waals surface area contributed by atoms with Gasteiger partial charge in [0.2, 0.25) is 0 Å². The van der Waals surface area contributed by atoms with Crippen molar-refractivity contribution in [3.8, 4) is 11.8 Å². The van der Waals surface area contributed by atoms with Crippen LogP contribution in [0.1, 0.15) is 11.1 Å². The summed E-state index contributed by atoms with van der Waals surface area (Å²) in [5.41, 5.74) is 2.30. The van der Waals surface area contributed by atoms with Crippen molar-refractivity contribution < 1.29 is 13.9 Å². The lowest BCUT2D eigenvalue weighted by Crippen LogP contribution is -2.30. The molecule has 0 radical (unpaired) electrons. The van der Waals surface area contributed by atoms with E-state index in [1.807, 2.05) is 12.3 Å². The number of hydrogen-bond donors (Lipinski definition) is 2. The van der Waals surface area contributed by atoms with Gasteiger partial charge in [0.05, 0.1) is 11.6 Å². The lowest BCUT2D eigenvalue weighted by atomic mass is 10.1. The van der Waals surface area contributed by atoms with E-state index in [1.54, 1.807) is 30.3 Å². The van der Waals surface area contributed by atoms with Crippen molar-refractivity contribution in [2.45, 2.75) is 6.42 Å². The minimum absolute atomic E-state index is 0.0923. The molecule has 0 aliphatic rings. The number of H-pyrrole nitrogens is 1. The van der Waals surface area contributed by atoms with Gasteiger partial charge >= 0.3 is 0 Å². The minimum Gasteiger partial charge on any atom is -0.484 e. The van der Waals surface area contributed by atoms with Crippen LogP contribution in [-0.2, 0) is 11.2 Å². The van der Waals surface area contributed by atoms with Gasteiger partial charge in [-0.15, -0.1) is 0 Å². The molecule has 0 saturated carbocycles. The van der Waals surface area contributed by atoms with Crippen LogP contribution in [-0.4, -0.2) is 24.0 Å². The number of carbonyl (C=O) groups is 1. The van der Waals surface area contributed by atoms with E-state index in [1.165, 1.54) is 12.1 Å². The number of hydrogen-bond acceptors (Lipinski definition) is 3. The van der Waals surface area contributed by atoms with Gasteiger partial charge in [-0.3, -0.25) is 4.79 Å². The molecule has 1 heterocycles. The van der Waals surface area contributed by atoms with Crippen LogP contribution in [0.2, 0.25) is 0 Å². The summed E-state index contributed by atoms with van der Waals surface area (Å²) < 4.78 is 18.5. The summed E-state index contributed by atoms with van der Waals surface area (Å²) >= 11 is 0. The second-order valence-electron chi connectivity index (χ2n) is 5.53. The Morgan fingerprint density at radius 2 is 2.04 bits per heavy atom. The number of nitrogens with zero attached hydrogens (tertiary/aromatic N) is 1. The number of aromatic nitrogens is 1. The van der Waals surface area contributed by atoms with Crippen molar-refractivity contribution in [2.75, 3.05) is 13.2 Å². The zero-order chi connectivity index (χ0) is 17.6. The van der Waals surface area contributed by atoms with Gasteiger partial charge in [-0.2, -0.15) is 5.26 Å². The molecule has 25 heavy (non-hydrogen) atoms. The number of fused-ring (bicyclic) bond motifs is 1. The molecule has 0 aliphatic heterocycles. The number of rotatable bonds is 6. The third kappa shape index (κ3) is 4.15. The Balaban J connectivity index is 1.46. The Labute approximate surface area is 144 Å². The van der Waals surface area contributed by atoms with Crippen LogP contribution in [0.25, 0.3) is 10.9 Å². The average Bonchev–Trinajstić information content (AvgIpc) is 3.02. The SMILES string of the molecule is N#Cc1ccc(OCC(=O)NCCc2c[nH]c3cc(F)ccc23)cc1. The highest BCUT2D eigenvalue weighted by atomic mass is 19.1. The maximum Gasteiger partial charge on any atom is 0.257 e. The molecule has 0 spiro atoms. The summed E-state index contributed by atoms with van der Waals surface area (Å²) in [5, 5.41) is 12.5. The standard InChI is InChI=1S/C19H16FN3O2/c20-15-3-6-17-14(11-23-18(17)9-15)7-8-22-19(24)12-25-16-4-1-13(10-21)2-5-16/h1-6,9,11,23H,7-8,12H2,(H,22,24). The van der Waals surface area contributed by atoms with E-state index >= 15 is 0 Å². The molecule has 2 aromatic carbocycles. The Bertz CT molecular complexity index is 926. The first-order chi connectivity index (χ1) is 12.2. The second kappa shape index (κ2) is 7.49. The van der Waals surface area contributed by atoms with Crippen LogP contribution in [0.4, 0.5) is 4.39 Å². The molecule has 0 fully saturated rings. The quantitative estimate of drug-likeness (QED) is 0.726. The zero-order valence-electron chi connectivity index (χ0n) is 13.4. The Kier molecular flexibility index (Phi) is 4.95. The summed E-state index contributed by atoms with van der Waals surface area (Å²) in [6.07, 6.45) is 2.46. The number of ether oxygens (including phenoxy) is 1. The molecule has 5 nitrogen and oxygen atoms in total. The average molecular weight is 337 g/mol. The van der Waals surface area contributed by atoms with Gasteiger partial charge in [-0.1, -0.05) is 0 Å². The molecule has 0 saturated heterocycles. The largest absolute Gasteiger partial charge is 0.484 e. The van der Waals surface area contributed by atoms with Crippen LogP contribution in [0.5, 0.6) is 5.75 Å². The predicted molar refractivity (Wildman–Crippen MR) is 91.6 cm³/mol. The van der Waals surface area contributed by atoms with Gasteiger partial charge in [0.1, 0.15) is 11.6 Å². The monoisotopic (exact) mass is 337 g/mol. The maximum atomic E-state index is 13.2. The molecule has 6 heteroatoms. The fraction of sp³-hybridized carbons (Fsp3) is 0.158. The highest BCUT2D eigenvalue weighted by molar-refractivity contribution is 5.83. The predicted octanol–water partition coefficient (Wildman–Crippen LogP) is 2.92. The summed E-state index contributed by atoms with van der Waals surface area (Å²) in [4.78, 5) is 14.9. The molecule has 1 aromatic heterocycles. The van der Waals surface area contributed by atoms with Crippen molar-refractivity contribution in [2.24, 2.45) is 0 Å². The summed E-state index contributed by atoms with van der Waals surface area (Å²) in [6, 6.07) is 13.2. The third-order valence-corrected chi connectivity index (χ3v) is 3.80. The summed E-state index contributed by atoms with van der Waals surface area (Å²) in [7, 11) is 0. The number of nitrogens with one attached hydrogen (secondary N) is 2. The lowest BCUT2D eigenvalue weighted by molar-refractivity contribution is -0.123. The van der Waals surface area contributed by atoms with Gasteiger partial charge in [0, 0.05) is 23.6 Å². The molecular formula is C19H16FN3O2. The number of benzene rings is 2. The third-order valence-electron chi connectivity index (χ3n) is 3.80. The van der Waals surface area contributed by atoms with Crippen molar-refractivity contribution in [1.29, 1.82) is 5.26 Å². The molecule has 3 rings (SSSR count). The van der Waals surface area contributed by atoms with Crippen LogP contribution >= 0.6 is 0 Å². The number of amides is 1. The first-order valence-corrected chi connectivity index (χ1v) is 7.81. The van der Waals surface area contributed by atoms with E-state index in [-0.39, 0.29) is 18.3 Å². The van der Waals surface area contributed by atoms with Crippen molar-refractivity contribution in [3.63, 3.8) is 0 Å². The smallest absolute Gasteiger partial charge is 0.257 e. The lowest BCUT2D eigenvalue weighted by Gasteiger charge is -2.07. The first kappa shape index (κ1) is 16.5. The number of carbonyl (C=O) groups excluding carboxylic acids is 1. The van der Waals surface area contributed by atoms with Crippen LogP contribution < -0.4 is 10.1 Å². The van der Waals surface area contributed by atoms with E-state index < -0.39 is 0 Å². The second-order valence-corrected chi connectivity index (χ2v) is 5.53. The van der Waals surface area contributed by atoms with Gasteiger partial charge in [-0.05, 0) is 54.4 Å². The maximum absolute atomic E-state index is 13.2. The number of halogens is 1. The Hall–Kier alpha value is -3.33. The van der Waals surface area contributed by atoms with E-state index in [2.05, 4.69) is 10.3 Å². The van der Waals surface area contributed by atoms with Gasteiger partial charge in [0.25, 0.3) is 5.91 Å². The van der Waals surface area contributed by atoms with E-state index in [0.717, 1.165) is 16.5 Å². The van der Waals surface area contributed by atoms with Crippen LogP contribution in [0, 0.1) is 17.1 Å². The minimum atomic E-state index is -0.283. The molecule has 0 unspecified atom stereocenters. The normalized spacial score (nSPS) is 10.4. The van der Waals surface area contributed by atoms with Crippen LogP contribution in [0.15, 0.2) is 48.7 Å². The Morgan fingerprint density at radius 1 is 1.24 bits per heavy atom. The molecule has 0 bridgehead atoms. The zero-order valence-corrected chi connectivity index (χ0v) is 13.4. The molecule has 1 amide bonds. The molecular weight excluding hydrogens is 321 g/mol. The summed E-state index contributed by atoms with van der Waals surface area (Å²) in [6.45, 7) is 0.366. The number of nitriles is 1. The van der Waals surface area contributed by atoms with E-state index in [4.69, 9.17) is 10.00 Å². The highest BCUT2D eigenvalue weighted by Crippen LogP contribution is 2.19. The molecule has 3 aromatic rings. The topological polar surface area (TPSA) is 77.9 Å². The highest BCUT2D eigenvalue weighted by Gasteiger charge is 2.06. The van der Waals surface area contributed by atoms with Crippen molar-refractivity contribution >= 4 is 16.8 Å². The summed E-state index contributed by atoms with van der Waals surface area (Å²) in [5.74, 6) is 0.0252. The molecule has 2 N–H and O–H groups in total. The van der Waals surface area contributed by atoms with Gasteiger partial charge in [-0.25, -0.2) is 4.39 Å². The molecule has 0 aliphatic carbocycles. The number of aromatic amines is 1. The Morgan fingerprint density at radius 3 is 2.80 bits per heavy atom. The van der Waals surface area contributed by atoms with Crippen LogP contribution in [0.3, 0.4) is 0 Å². The fourth-order valence-corrected chi connectivity index (χ4v) is 2.53. The molecule has 126 valence electrons. The van der Waals surface area contributed by atoms with E-state index in [9.17, 15) is 9.18 Å². The molecule has 0 atom stereocenters. The van der Waals surface area contributed by atoms with Crippen molar-refractivity contribution in [1.82, 2.24) is 10.3 Å². The van der Waals surface area contributed by atoms with Crippen molar-refractivity contribution in [3.05, 3.63) is 65.6 Å². The van der Waals surface area contributed by atoms with E-state index in [0.29, 0.717) is 24.3 Å².